The normalized spacial score (nSPS) is 26.4. The van der Waals surface area contributed by atoms with Crippen molar-refractivity contribution in [2.45, 2.75) is 97.9 Å². The molecule has 1 aliphatic rings. The predicted octanol–water partition coefficient (Wildman–Crippen LogP) is 5.79. The predicted molar refractivity (Wildman–Crippen MR) is 91.1 cm³/mol. The van der Waals surface area contributed by atoms with Crippen LogP contribution in [0.25, 0.3) is 0 Å². The average Bonchev–Trinajstić information content (AvgIpc) is 2.48. The molecule has 0 aromatic carbocycles. The molecule has 0 heterocycles. The van der Waals surface area contributed by atoms with E-state index in [9.17, 15) is 0 Å². The molecule has 0 spiro atoms. The van der Waals surface area contributed by atoms with Gasteiger partial charge in [0, 0.05) is 6.04 Å². The van der Waals surface area contributed by atoms with Crippen molar-refractivity contribution >= 4 is 0 Å². The molecular formula is C19H39N. The van der Waals surface area contributed by atoms with Crippen LogP contribution in [0.4, 0.5) is 0 Å². The second-order valence-corrected chi connectivity index (χ2v) is 7.23. The highest BCUT2D eigenvalue weighted by molar-refractivity contribution is 4.83. The fourth-order valence-electron chi connectivity index (χ4n) is 3.80. The molecule has 1 aliphatic carbocycles. The van der Waals surface area contributed by atoms with Crippen molar-refractivity contribution in [2.24, 2.45) is 17.8 Å². The monoisotopic (exact) mass is 281 g/mol. The first-order chi connectivity index (χ1) is 9.71. The third kappa shape index (κ3) is 6.61. The fraction of sp³-hybridized carbons (Fsp3) is 1.00. The molecule has 120 valence electrons. The Morgan fingerprint density at radius 2 is 1.70 bits per heavy atom. The highest BCUT2D eigenvalue weighted by atomic mass is 14.9. The summed E-state index contributed by atoms with van der Waals surface area (Å²) in [6, 6.07) is 0.796. The maximum absolute atomic E-state index is 3.90. The molecule has 0 radical (unpaired) electrons. The summed E-state index contributed by atoms with van der Waals surface area (Å²) in [6.07, 6.45) is 14.1. The van der Waals surface area contributed by atoms with Crippen LogP contribution in [0.15, 0.2) is 0 Å². The number of rotatable bonds is 10. The van der Waals surface area contributed by atoms with Gasteiger partial charge in [0.05, 0.1) is 0 Å². The van der Waals surface area contributed by atoms with Gasteiger partial charge >= 0.3 is 0 Å². The average molecular weight is 282 g/mol. The SMILES string of the molecule is CCCCC(CC)CC(NCCC)C1CCC(C)CC1. The molecule has 0 aromatic heterocycles. The largest absolute Gasteiger partial charge is 0.314 e. The van der Waals surface area contributed by atoms with Crippen molar-refractivity contribution in [3.05, 3.63) is 0 Å². The van der Waals surface area contributed by atoms with Crippen LogP contribution in [0.1, 0.15) is 91.9 Å². The summed E-state index contributed by atoms with van der Waals surface area (Å²) >= 11 is 0. The summed E-state index contributed by atoms with van der Waals surface area (Å²) in [5.41, 5.74) is 0. The van der Waals surface area contributed by atoms with Crippen LogP contribution < -0.4 is 5.32 Å². The van der Waals surface area contributed by atoms with Gasteiger partial charge in [-0.15, -0.1) is 0 Å². The van der Waals surface area contributed by atoms with Gasteiger partial charge in [-0.25, -0.2) is 0 Å². The molecule has 1 fully saturated rings. The Hall–Kier alpha value is -0.0400. The molecule has 0 saturated heterocycles. The quantitative estimate of drug-likeness (QED) is 0.534. The molecule has 2 unspecified atom stereocenters. The smallest absolute Gasteiger partial charge is 0.00979 e. The van der Waals surface area contributed by atoms with E-state index >= 15 is 0 Å². The van der Waals surface area contributed by atoms with Crippen LogP contribution in [0.2, 0.25) is 0 Å². The molecule has 0 aliphatic heterocycles. The van der Waals surface area contributed by atoms with E-state index in [2.05, 4.69) is 33.0 Å². The zero-order valence-corrected chi connectivity index (χ0v) is 14.6. The third-order valence-electron chi connectivity index (χ3n) is 5.42. The van der Waals surface area contributed by atoms with Gasteiger partial charge in [0.2, 0.25) is 0 Å². The minimum Gasteiger partial charge on any atom is -0.314 e. The van der Waals surface area contributed by atoms with Gasteiger partial charge in [-0.2, -0.15) is 0 Å². The molecule has 0 bridgehead atoms. The van der Waals surface area contributed by atoms with Crippen LogP contribution in [-0.4, -0.2) is 12.6 Å². The first-order valence-electron chi connectivity index (χ1n) is 9.44. The lowest BCUT2D eigenvalue weighted by Crippen LogP contribution is -2.39. The zero-order chi connectivity index (χ0) is 14.8. The molecule has 20 heavy (non-hydrogen) atoms. The van der Waals surface area contributed by atoms with Gasteiger partial charge in [-0.3, -0.25) is 0 Å². The second kappa shape index (κ2) is 10.7. The number of nitrogens with one attached hydrogen (secondary N) is 1. The van der Waals surface area contributed by atoms with Crippen molar-refractivity contribution in [1.82, 2.24) is 5.32 Å². The van der Waals surface area contributed by atoms with Gasteiger partial charge in [-0.1, -0.05) is 66.2 Å². The van der Waals surface area contributed by atoms with E-state index in [1.807, 2.05) is 0 Å². The molecule has 1 nitrogen and oxygen atoms in total. The van der Waals surface area contributed by atoms with E-state index in [0.29, 0.717) is 0 Å². The van der Waals surface area contributed by atoms with E-state index in [0.717, 1.165) is 23.8 Å². The van der Waals surface area contributed by atoms with E-state index in [4.69, 9.17) is 0 Å². The summed E-state index contributed by atoms with van der Waals surface area (Å²) < 4.78 is 0. The van der Waals surface area contributed by atoms with E-state index < -0.39 is 0 Å². The van der Waals surface area contributed by atoms with Crippen molar-refractivity contribution in [3.63, 3.8) is 0 Å². The molecule has 1 rings (SSSR count). The summed E-state index contributed by atoms with van der Waals surface area (Å²) in [5, 5.41) is 3.90. The number of hydrogen-bond donors (Lipinski definition) is 1. The molecule has 0 aromatic rings. The first-order valence-corrected chi connectivity index (χ1v) is 9.44. The molecule has 2 atom stereocenters. The third-order valence-corrected chi connectivity index (χ3v) is 5.42. The van der Waals surface area contributed by atoms with Crippen molar-refractivity contribution in [2.75, 3.05) is 6.54 Å². The van der Waals surface area contributed by atoms with Gasteiger partial charge in [0.25, 0.3) is 0 Å². The minimum absolute atomic E-state index is 0.796. The van der Waals surface area contributed by atoms with Crippen molar-refractivity contribution in [3.8, 4) is 0 Å². The number of hydrogen-bond acceptors (Lipinski definition) is 1. The van der Waals surface area contributed by atoms with E-state index in [1.54, 1.807) is 0 Å². The Morgan fingerprint density at radius 1 is 1.00 bits per heavy atom. The maximum atomic E-state index is 3.90. The Balaban J connectivity index is 2.48. The lowest BCUT2D eigenvalue weighted by atomic mass is 9.76. The highest BCUT2D eigenvalue weighted by Crippen LogP contribution is 2.33. The lowest BCUT2D eigenvalue weighted by molar-refractivity contribution is 0.200. The van der Waals surface area contributed by atoms with Crippen LogP contribution in [-0.2, 0) is 0 Å². The van der Waals surface area contributed by atoms with Crippen LogP contribution in [0, 0.1) is 17.8 Å². The summed E-state index contributed by atoms with van der Waals surface area (Å²) in [5.74, 6) is 2.87. The second-order valence-electron chi connectivity index (χ2n) is 7.23. The van der Waals surface area contributed by atoms with Crippen molar-refractivity contribution in [1.29, 1.82) is 0 Å². The Bertz CT molecular complexity index is 218. The molecule has 1 N–H and O–H groups in total. The standard InChI is InChI=1S/C19H39N/c1-5-8-9-17(7-3)15-19(20-14-6-2)18-12-10-16(4)11-13-18/h16-20H,5-15H2,1-4H3. The molecule has 0 amide bonds. The molecule has 1 saturated carbocycles. The minimum atomic E-state index is 0.796. The van der Waals surface area contributed by atoms with Crippen LogP contribution >= 0.6 is 0 Å². The first kappa shape index (κ1) is 18.0. The Morgan fingerprint density at radius 3 is 2.25 bits per heavy atom. The Kier molecular flexibility index (Phi) is 9.59. The van der Waals surface area contributed by atoms with Gasteiger partial charge in [0.15, 0.2) is 0 Å². The van der Waals surface area contributed by atoms with Gasteiger partial charge in [-0.05, 0) is 50.0 Å². The number of unbranched alkanes of at least 4 members (excludes halogenated alkanes) is 1. The maximum Gasteiger partial charge on any atom is 0.00979 e. The van der Waals surface area contributed by atoms with E-state index in [1.165, 1.54) is 70.8 Å². The van der Waals surface area contributed by atoms with Crippen molar-refractivity contribution < 1.29 is 0 Å². The summed E-state index contributed by atoms with van der Waals surface area (Å²) in [6.45, 7) is 10.6. The Labute approximate surface area is 128 Å². The lowest BCUT2D eigenvalue weighted by Gasteiger charge is -2.35. The molecular weight excluding hydrogens is 242 g/mol. The van der Waals surface area contributed by atoms with Gasteiger partial charge in [0.1, 0.15) is 0 Å². The summed E-state index contributed by atoms with van der Waals surface area (Å²) in [4.78, 5) is 0. The summed E-state index contributed by atoms with van der Waals surface area (Å²) in [7, 11) is 0. The topological polar surface area (TPSA) is 12.0 Å². The van der Waals surface area contributed by atoms with Gasteiger partial charge < -0.3 is 5.32 Å². The fourth-order valence-corrected chi connectivity index (χ4v) is 3.80. The zero-order valence-electron chi connectivity index (χ0n) is 14.6. The van der Waals surface area contributed by atoms with Crippen LogP contribution in [0.5, 0.6) is 0 Å². The molecule has 1 heteroatoms. The highest BCUT2D eigenvalue weighted by Gasteiger charge is 2.27. The van der Waals surface area contributed by atoms with E-state index in [-0.39, 0.29) is 0 Å². The van der Waals surface area contributed by atoms with Crippen LogP contribution in [0.3, 0.4) is 0 Å².